The fraction of sp³-hybridized carbons (Fsp3) is 0.429. The van der Waals surface area contributed by atoms with Crippen LogP contribution in [0.4, 0.5) is 0 Å². The average molecular weight is 279 g/mol. The molecule has 2 aromatic carbocycles. The minimum atomic E-state index is 0.120. The second kappa shape index (κ2) is 5.67. The van der Waals surface area contributed by atoms with Gasteiger partial charge in [0.15, 0.2) is 0 Å². The molecule has 0 fully saturated rings. The van der Waals surface area contributed by atoms with Crippen molar-refractivity contribution >= 4 is 0 Å². The molecule has 0 nitrogen and oxygen atoms in total. The summed E-state index contributed by atoms with van der Waals surface area (Å²) < 4.78 is 0. The molecule has 0 aliphatic carbocycles. The lowest BCUT2D eigenvalue weighted by atomic mass is 9.72. The Morgan fingerprint density at radius 1 is 0.810 bits per heavy atom. The van der Waals surface area contributed by atoms with Crippen LogP contribution < -0.4 is 0 Å². The molecule has 21 heavy (non-hydrogen) atoms. The molecule has 0 aliphatic heterocycles. The van der Waals surface area contributed by atoms with Crippen LogP contribution in [0.2, 0.25) is 0 Å². The third-order valence-electron chi connectivity index (χ3n) is 3.82. The quantitative estimate of drug-likeness (QED) is 0.664. The number of rotatable bonds is 2. The summed E-state index contributed by atoms with van der Waals surface area (Å²) in [6.45, 7) is 13.8. The fourth-order valence-electron chi connectivity index (χ4n) is 2.95. The molecule has 0 bridgehead atoms. The Hall–Kier alpha value is -1.56. The van der Waals surface area contributed by atoms with Crippen molar-refractivity contribution in [3.8, 4) is 0 Å². The lowest BCUT2D eigenvalue weighted by Gasteiger charge is -2.32. The summed E-state index contributed by atoms with van der Waals surface area (Å²) >= 11 is 0. The van der Waals surface area contributed by atoms with Gasteiger partial charge in [-0.2, -0.15) is 0 Å². The van der Waals surface area contributed by atoms with Crippen LogP contribution >= 0.6 is 0 Å². The number of hydrogen-bond donors (Lipinski definition) is 0. The highest BCUT2D eigenvalue weighted by Gasteiger charge is 2.27. The van der Waals surface area contributed by atoms with Gasteiger partial charge in [0, 0.05) is 0 Å². The van der Waals surface area contributed by atoms with E-state index in [9.17, 15) is 0 Å². The molecule has 1 radical (unpaired) electrons. The van der Waals surface area contributed by atoms with Crippen LogP contribution in [0, 0.1) is 6.07 Å². The van der Waals surface area contributed by atoms with Crippen LogP contribution in [-0.4, -0.2) is 0 Å². The predicted molar refractivity (Wildman–Crippen MR) is 91.9 cm³/mol. The Bertz CT molecular complexity index is 592. The zero-order valence-electron chi connectivity index (χ0n) is 14.2. The summed E-state index contributed by atoms with van der Waals surface area (Å²) in [6, 6.07) is 18.6. The van der Waals surface area contributed by atoms with Crippen molar-refractivity contribution in [1.29, 1.82) is 0 Å². The molecule has 0 saturated heterocycles. The lowest BCUT2D eigenvalue weighted by molar-refractivity contribution is 0.525. The van der Waals surface area contributed by atoms with Crippen molar-refractivity contribution in [1.82, 2.24) is 0 Å². The van der Waals surface area contributed by atoms with Crippen LogP contribution in [-0.2, 0) is 17.3 Å². The maximum absolute atomic E-state index is 3.51. The van der Waals surface area contributed by atoms with Crippen molar-refractivity contribution in [3.63, 3.8) is 0 Å². The van der Waals surface area contributed by atoms with E-state index >= 15 is 0 Å². The second-order valence-corrected chi connectivity index (χ2v) is 7.92. The van der Waals surface area contributed by atoms with Crippen molar-refractivity contribution in [2.45, 2.75) is 58.8 Å². The Labute approximate surface area is 130 Å². The number of benzene rings is 2. The van der Waals surface area contributed by atoms with Crippen LogP contribution in [0.15, 0.2) is 42.5 Å². The normalized spacial score (nSPS) is 12.5. The highest BCUT2D eigenvalue weighted by molar-refractivity contribution is 5.45. The van der Waals surface area contributed by atoms with Gasteiger partial charge in [-0.15, -0.1) is 0 Å². The minimum Gasteiger partial charge on any atom is -0.0622 e. The third-order valence-corrected chi connectivity index (χ3v) is 3.82. The molecule has 0 aliphatic rings. The monoisotopic (exact) mass is 279 g/mol. The summed E-state index contributed by atoms with van der Waals surface area (Å²) in [7, 11) is 0. The lowest BCUT2D eigenvalue weighted by Crippen LogP contribution is -2.24. The predicted octanol–water partition coefficient (Wildman–Crippen LogP) is 5.67. The van der Waals surface area contributed by atoms with Gasteiger partial charge in [0.05, 0.1) is 0 Å². The van der Waals surface area contributed by atoms with Crippen molar-refractivity contribution in [3.05, 3.63) is 70.8 Å². The molecular weight excluding hydrogens is 252 g/mol. The largest absolute Gasteiger partial charge is 0.0622 e. The molecule has 2 aromatic rings. The van der Waals surface area contributed by atoms with E-state index in [1.807, 2.05) is 0 Å². The molecule has 0 unspecified atom stereocenters. The molecule has 111 valence electrons. The van der Waals surface area contributed by atoms with E-state index in [0.29, 0.717) is 0 Å². The SMILES string of the molecule is CC(C)(C)c1[c]ccc(Cc2ccccc2)c1C(C)(C)C. The van der Waals surface area contributed by atoms with Crippen molar-refractivity contribution in [2.75, 3.05) is 0 Å². The first-order chi connectivity index (χ1) is 9.69. The Kier molecular flexibility index (Phi) is 4.27. The van der Waals surface area contributed by atoms with Gasteiger partial charge in [-0.3, -0.25) is 0 Å². The topological polar surface area (TPSA) is 0 Å². The number of hydrogen-bond acceptors (Lipinski definition) is 0. The average Bonchev–Trinajstić information content (AvgIpc) is 2.37. The van der Waals surface area contributed by atoms with Gasteiger partial charge in [-0.05, 0) is 45.6 Å². The summed E-state index contributed by atoms with van der Waals surface area (Å²) in [5.74, 6) is 0. The highest BCUT2D eigenvalue weighted by atomic mass is 14.3. The smallest absolute Gasteiger partial charge is 0.00227 e. The van der Waals surface area contributed by atoms with Gasteiger partial charge in [0.2, 0.25) is 0 Å². The molecule has 0 atom stereocenters. The van der Waals surface area contributed by atoms with E-state index in [2.05, 4.69) is 90.1 Å². The molecule has 0 N–H and O–H groups in total. The standard InChI is InChI=1S/C21H27/c1-20(2,3)18-14-10-13-17(19(18)21(4,5)6)15-16-11-8-7-9-12-16/h7-13H,15H2,1-6H3. The highest BCUT2D eigenvalue weighted by Crippen LogP contribution is 2.36. The first kappa shape index (κ1) is 15.8. The molecule has 0 heteroatoms. The maximum atomic E-state index is 3.51. The Morgan fingerprint density at radius 2 is 1.43 bits per heavy atom. The zero-order chi connectivity index (χ0) is 15.7. The molecule has 0 amide bonds. The molecule has 2 rings (SSSR count). The third kappa shape index (κ3) is 3.75. The first-order valence-corrected chi connectivity index (χ1v) is 7.78. The van der Waals surface area contributed by atoms with Crippen LogP contribution in [0.25, 0.3) is 0 Å². The van der Waals surface area contributed by atoms with Gasteiger partial charge in [0.25, 0.3) is 0 Å². The van der Waals surface area contributed by atoms with E-state index in [1.165, 1.54) is 22.3 Å². The summed E-state index contributed by atoms with van der Waals surface area (Å²) in [6.07, 6.45) is 0.991. The minimum absolute atomic E-state index is 0.120. The van der Waals surface area contributed by atoms with Gasteiger partial charge in [0.1, 0.15) is 0 Å². The molecule has 0 saturated carbocycles. The van der Waals surface area contributed by atoms with Crippen LogP contribution in [0.3, 0.4) is 0 Å². The summed E-state index contributed by atoms with van der Waals surface area (Å²) in [4.78, 5) is 0. The van der Waals surface area contributed by atoms with Gasteiger partial charge >= 0.3 is 0 Å². The second-order valence-electron chi connectivity index (χ2n) is 7.92. The summed E-state index contributed by atoms with van der Waals surface area (Å²) in [5.41, 5.74) is 5.86. The van der Waals surface area contributed by atoms with Crippen molar-refractivity contribution in [2.24, 2.45) is 0 Å². The molecule has 0 aromatic heterocycles. The fourth-order valence-corrected chi connectivity index (χ4v) is 2.95. The molecular formula is C21H27. The Morgan fingerprint density at radius 3 is 1.95 bits per heavy atom. The van der Waals surface area contributed by atoms with Gasteiger partial charge in [-0.25, -0.2) is 0 Å². The zero-order valence-corrected chi connectivity index (χ0v) is 14.2. The van der Waals surface area contributed by atoms with E-state index in [4.69, 9.17) is 0 Å². The van der Waals surface area contributed by atoms with Crippen LogP contribution in [0.5, 0.6) is 0 Å². The van der Waals surface area contributed by atoms with E-state index in [1.54, 1.807) is 0 Å². The first-order valence-electron chi connectivity index (χ1n) is 7.78. The van der Waals surface area contributed by atoms with Crippen molar-refractivity contribution < 1.29 is 0 Å². The van der Waals surface area contributed by atoms with Gasteiger partial charge < -0.3 is 0 Å². The summed E-state index contributed by atoms with van der Waals surface area (Å²) in [5, 5.41) is 0. The molecule has 0 spiro atoms. The molecule has 0 heterocycles. The van der Waals surface area contributed by atoms with E-state index in [0.717, 1.165) is 6.42 Å². The van der Waals surface area contributed by atoms with E-state index in [-0.39, 0.29) is 10.8 Å². The van der Waals surface area contributed by atoms with E-state index < -0.39 is 0 Å². The van der Waals surface area contributed by atoms with Crippen LogP contribution in [0.1, 0.15) is 63.8 Å². The maximum Gasteiger partial charge on any atom is -0.00227 e. The van der Waals surface area contributed by atoms with Gasteiger partial charge in [-0.1, -0.05) is 84.0 Å². The Balaban J connectivity index is 2.56.